The van der Waals surface area contributed by atoms with Crippen molar-refractivity contribution in [2.75, 3.05) is 13.1 Å². The highest BCUT2D eigenvalue weighted by molar-refractivity contribution is 6.38. The third-order valence-corrected chi connectivity index (χ3v) is 2.80. The maximum atomic E-state index is 11.6. The Morgan fingerprint density at radius 2 is 2.14 bits per heavy atom. The first-order valence-corrected chi connectivity index (χ1v) is 5.45. The fourth-order valence-electron chi connectivity index (χ4n) is 2.01. The Hall–Kier alpha value is -1.06. The number of hydrogen-bond donors (Lipinski definition) is 2. The zero-order valence-electron chi connectivity index (χ0n) is 8.38. The van der Waals surface area contributed by atoms with Gasteiger partial charge in [-0.15, -0.1) is 0 Å². The largest absolute Gasteiger partial charge is 0.366 e. The first-order valence-electron chi connectivity index (χ1n) is 5.45. The van der Waals surface area contributed by atoms with Crippen molar-refractivity contribution in [1.82, 2.24) is 10.6 Å². The van der Waals surface area contributed by atoms with Gasteiger partial charge in [-0.1, -0.05) is 12.8 Å². The number of carbonyl (C=O) groups excluding carboxylic acids is 1. The van der Waals surface area contributed by atoms with E-state index in [2.05, 4.69) is 15.6 Å². The van der Waals surface area contributed by atoms with E-state index in [1.54, 1.807) is 0 Å². The second-order valence-corrected chi connectivity index (χ2v) is 3.97. The monoisotopic (exact) mass is 195 g/mol. The van der Waals surface area contributed by atoms with Gasteiger partial charge in [-0.2, -0.15) is 0 Å². The van der Waals surface area contributed by atoms with Crippen LogP contribution in [-0.4, -0.2) is 30.9 Å². The number of nitrogens with one attached hydrogen (secondary N) is 2. The molecule has 0 aromatic carbocycles. The molecule has 2 N–H and O–H groups in total. The SMILES string of the molecule is O=C(NC1CCCC1)C1=NCCCN1. The van der Waals surface area contributed by atoms with Gasteiger partial charge in [0.1, 0.15) is 0 Å². The van der Waals surface area contributed by atoms with Crippen LogP contribution in [0, 0.1) is 0 Å². The van der Waals surface area contributed by atoms with E-state index in [4.69, 9.17) is 0 Å². The van der Waals surface area contributed by atoms with E-state index >= 15 is 0 Å². The molecule has 4 heteroatoms. The number of rotatable bonds is 2. The lowest BCUT2D eigenvalue weighted by molar-refractivity contribution is -0.115. The summed E-state index contributed by atoms with van der Waals surface area (Å²) in [5, 5.41) is 6.05. The van der Waals surface area contributed by atoms with Crippen molar-refractivity contribution in [2.24, 2.45) is 4.99 Å². The normalized spacial score (nSPS) is 22.7. The minimum absolute atomic E-state index is 0.0170. The molecule has 1 saturated carbocycles. The number of amides is 1. The number of hydrogen-bond acceptors (Lipinski definition) is 3. The number of aliphatic imine (C=N–C) groups is 1. The molecule has 4 nitrogen and oxygen atoms in total. The smallest absolute Gasteiger partial charge is 0.286 e. The molecule has 0 bridgehead atoms. The Morgan fingerprint density at radius 3 is 2.79 bits per heavy atom. The quantitative estimate of drug-likeness (QED) is 0.671. The van der Waals surface area contributed by atoms with E-state index in [0.717, 1.165) is 32.4 Å². The Kier molecular flexibility index (Phi) is 3.01. The molecule has 0 radical (unpaired) electrons. The van der Waals surface area contributed by atoms with E-state index in [0.29, 0.717) is 11.9 Å². The molecule has 14 heavy (non-hydrogen) atoms. The van der Waals surface area contributed by atoms with E-state index in [9.17, 15) is 4.79 Å². The molecule has 78 valence electrons. The van der Waals surface area contributed by atoms with Gasteiger partial charge < -0.3 is 10.6 Å². The van der Waals surface area contributed by atoms with Crippen LogP contribution in [0.15, 0.2) is 4.99 Å². The summed E-state index contributed by atoms with van der Waals surface area (Å²) >= 11 is 0. The zero-order valence-corrected chi connectivity index (χ0v) is 8.38. The third kappa shape index (κ3) is 2.25. The Labute approximate surface area is 84.2 Å². The molecule has 0 aromatic heterocycles. The van der Waals surface area contributed by atoms with Crippen LogP contribution in [0.25, 0.3) is 0 Å². The molecule has 0 atom stereocenters. The van der Waals surface area contributed by atoms with Gasteiger partial charge in [0, 0.05) is 19.1 Å². The minimum atomic E-state index is -0.0170. The molecule has 2 aliphatic rings. The highest BCUT2D eigenvalue weighted by atomic mass is 16.2. The molecule has 2 rings (SSSR count). The van der Waals surface area contributed by atoms with E-state index in [1.165, 1.54) is 12.8 Å². The summed E-state index contributed by atoms with van der Waals surface area (Å²) in [6, 6.07) is 0.383. The molecule has 0 spiro atoms. The van der Waals surface area contributed by atoms with Crippen LogP contribution in [0.3, 0.4) is 0 Å². The van der Waals surface area contributed by atoms with Crippen molar-refractivity contribution in [1.29, 1.82) is 0 Å². The first kappa shape index (κ1) is 9.49. The number of nitrogens with zero attached hydrogens (tertiary/aromatic N) is 1. The maximum absolute atomic E-state index is 11.6. The van der Waals surface area contributed by atoms with Crippen LogP contribution in [0.4, 0.5) is 0 Å². The Bertz CT molecular complexity index is 244. The van der Waals surface area contributed by atoms with Crippen molar-refractivity contribution >= 4 is 11.7 Å². The summed E-state index contributed by atoms with van der Waals surface area (Å²) in [6.07, 6.45) is 5.76. The lowest BCUT2D eigenvalue weighted by atomic mass is 10.2. The van der Waals surface area contributed by atoms with Gasteiger partial charge >= 0.3 is 0 Å². The first-order chi connectivity index (χ1) is 6.86. The van der Waals surface area contributed by atoms with Gasteiger partial charge in [0.25, 0.3) is 5.91 Å². The predicted molar refractivity (Wildman–Crippen MR) is 55.3 cm³/mol. The third-order valence-electron chi connectivity index (χ3n) is 2.80. The van der Waals surface area contributed by atoms with Crippen LogP contribution < -0.4 is 10.6 Å². The zero-order chi connectivity index (χ0) is 9.80. The highest BCUT2D eigenvalue weighted by Gasteiger charge is 2.20. The van der Waals surface area contributed by atoms with Gasteiger partial charge in [-0.05, 0) is 19.3 Å². The Balaban J connectivity index is 1.84. The number of amidine groups is 1. The second-order valence-electron chi connectivity index (χ2n) is 3.97. The van der Waals surface area contributed by atoms with Crippen molar-refractivity contribution in [3.8, 4) is 0 Å². The minimum Gasteiger partial charge on any atom is -0.366 e. The summed E-state index contributed by atoms with van der Waals surface area (Å²) < 4.78 is 0. The van der Waals surface area contributed by atoms with Crippen LogP contribution in [0.1, 0.15) is 32.1 Å². The molecule has 1 aliphatic carbocycles. The maximum Gasteiger partial charge on any atom is 0.286 e. The molecule has 0 unspecified atom stereocenters. The van der Waals surface area contributed by atoms with E-state index in [-0.39, 0.29) is 5.91 Å². The summed E-state index contributed by atoms with van der Waals surface area (Å²) in [7, 11) is 0. The molecular weight excluding hydrogens is 178 g/mol. The molecule has 0 aromatic rings. The molecule has 0 saturated heterocycles. The summed E-state index contributed by atoms with van der Waals surface area (Å²) in [4.78, 5) is 15.8. The summed E-state index contributed by atoms with van der Waals surface area (Å²) in [5.41, 5.74) is 0. The van der Waals surface area contributed by atoms with Gasteiger partial charge in [0.2, 0.25) is 0 Å². The fraction of sp³-hybridized carbons (Fsp3) is 0.800. The van der Waals surface area contributed by atoms with Crippen LogP contribution in [-0.2, 0) is 4.79 Å². The van der Waals surface area contributed by atoms with Crippen LogP contribution in [0.2, 0.25) is 0 Å². The van der Waals surface area contributed by atoms with Gasteiger partial charge in [0.05, 0.1) is 0 Å². The average molecular weight is 195 g/mol. The van der Waals surface area contributed by atoms with Crippen molar-refractivity contribution in [2.45, 2.75) is 38.1 Å². The van der Waals surface area contributed by atoms with E-state index in [1.807, 2.05) is 0 Å². The van der Waals surface area contributed by atoms with E-state index < -0.39 is 0 Å². The van der Waals surface area contributed by atoms with Crippen molar-refractivity contribution in [3.63, 3.8) is 0 Å². The van der Waals surface area contributed by atoms with Crippen molar-refractivity contribution < 1.29 is 4.79 Å². The summed E-state index contributed by atoms with van der Waals surface area (Å²) in [5.74, 6) is 0.514. The lowest BCUT2D eigenvalue weighted by Crippen LogP contribution is -2.45. The van der Waals surface area contributed by atoms with Crippen LogP contribution >= 0.6 is 0 Å². The number of carbonyl (C=O) groups is 1. The van der Waals surface area contributed by atoms with Crippen LogP contribution in [0.5, 0.6) is 0 Å². The fourth-order valence-corrected chi connectivity index (χ4v) is 2.01. The predicted octanol–water partition coefficient (Wildman–Crippen LogP) is 0.437. The topological polar surface area (TPSA) is 53.5 Å². The standard InChI is InChI=1S/C10H17N3O/c14-10(9-11-6-3-7-12-9)13-8-4-1-2-5-8/h8H,1-7H2,(H,11,12)(H,13,14). The molecule has 1 fully saturated rings. The summed E-state index contributed by atoms with van der Waals surface area (Å²) in [6.45, 7) is 1.65. The highest BCUT2D eigenvalue weighted by Crippen LogP contribution is 2.17. The average Bonchev–Trinajstić information content (AvgIpc) is 2.72. The van der Waals surface area contributed by atoms with Gasteiger partial charge in [-0.3, -0.25) is 9.79 Å². The molecular formula is C10H17N3O. The molecule has 1 aliphatic heterocycles. The second kappa shape index (κ2) is 4.44. The Morgan fingerprint density at radius 1 is 1.36 bits per heavy atom. The van der Waals surface area contributed by atoms with Gasteiger partial charge in [0.15, 0.2) is 5.84 Å². The molecule has 1 amide bonds. The molecule has 1 heterocycles. The van der Waals surface area contributed by atoms with Crippen molar-refractivity contribution in [3.05, 3.63) is 0 Å². The lowest BCUT2D eigenvalue weighted by Gasteiger charge is -2.16. The van der Waals surface area contributed by atoms with Gasteiger partial charge in [-0.25, -0.2) is 0 Å².